The lowest BCUT2D eigenvalue weighted by Gasteiger charge is -2.18. The third-order valence-electron chi connectivity index (χ3n) is 2.30. The van der Waals surface area contributed by atoms with Crippen molar-refractivity contribution in [2.24, 2.45) is 5.73 Å². The van der Waals surface area contributed by atoms with Gasteiger partial charge in [0.15, 0.2) is 0 Å². The van der Waals surface area contributed by atoms with Crippen molar-refractivity contribution in [3.63, 3.8) is 0 Å². The van der Waals surface area contributed by atoms with Crippen molar-refractivity contribution < 1.29 is 14.7 Å². The van der Waals surface area contributed by atoms with Gasteiger partial charge in [0.1, 0.15) is 0 Å². The fourth-order valence-corrected chi connectivity index (χ4v) is 3.00. The number of primary amides is 1. The third kappa shape index (κ3) is 6.47. The molecule has 0 heterocycles. The van der Waals surface area contributed by atoms with Crippen molar-refractivity contribution in [3.05, 3.63) is 28.2 Å². The number of carbonyl (C=O) groups excluding carboxylic acids is 1. The molecule has 8 heteroatoms. The summed E-state index contributed by atoms with van der Waals surface area (Å²) in [6.45, 7) is 0.0890. The molecule has 5 nitrogen and oxygen atoms in total. The maximum Gasteiger partial charge on any atom is 0.317 e. The standard InChI is InChI=1S/C12H14Cl2N2O3S/c13-8-1-2-9(14)10(5-8)20-4-3-16(6-11(15)17)7-12(18)19/h1-2,5H,3-4,6-7H2,(H2,15,17)(H,18,19). The number of amides is 1. The Balaban J connectivity index is 2.52. The molecule has 0 saturated heterocycles. The maximum absolute atomic E-state index is 10.9. The minimum Gasteiger partial charge on any atom is -0.480 e. The first-order valence-corrected chi connectivity index (χ1v) is 7.43. The minimum atomic E-state index is -1.00. The van der Waals surface area contributed by atoms with Gasteiger partial charge in [-0.3, -0.25) is 14.5 Å². The number of aliphatic carboxylic acids is 1. The zero-order valence-electron chi connectivity index (χ0n) is 10.5. The number of carboxylic acids is 1. The van der Waals surface area contributed by atoms with Gasteiger partial charge in [0, 0.05) is 22.2 Å². The summed E-state index contributed by atoms with van der Waals surface area (Å²) < 4.78 is 0. The molecule has 1 aromatic carbocycles. The Morgan fingerprint density at radius 3 is 2.60 bits per heavy atom. The number of thioether (sulfide) groups is 1. The van der Waals surface area contributed by atoms with Gasteiger partial charge in [-0.05, 0) is 18.2 Å². The van der Waals surface area contributed by atoms with E-state index in [1.54, 1.807) is 18.2 Å². The highest BCUT2D eigenvalue weighted by Gasteiger charge is 2.12. The smallest absolute Gasteiger partial charge is 0.317 e. The van der Waals surface area contributed by atoms with E-state index in [9.17, 15) is 9.59 Å². The second-order valence-corrected chi connectivity index (χ2v) is 5.97. The zero-order valence-corrected chi connectivity index (χ0v) is 12.8. The van der Waals surface area contributed by atoms with E-state index in [0.717, 1.165) is 4.90 Å². The van der Waals surface area contributed by atoms with E-state index in [-0.39, 0.29) is 13.1 Å². The molecule has 0 aromatic heterocycles. The molecule has 0 saturated carbocycles. The molecule has 110 valence electrons. The number of hydrogen-bond donors (Lipinski definition) is 2. The highest BCUT2D eigenvalue weighted by atomic mass is 35.5. The number of carboxylic acid groups (broad SMARTS) is 1. The Morgan fingerprint density at radius 2 is 2.00 bits per heavy atom. The second-order valence-electron chi connectivity index (χ2n) is 3.99. The van der Waals surface area contributed by atoms with Gasteiger partial charge < -0.3 is 10.8 Å². The average molecular weight is 337 g/mol. The summed E-state index contributed by atoms with van der Waals surface area (Å²) in [5.41, 5.74) is 5.08. The van der Waals surface area contributed by atoms with Crippen molar-refractivity contribution >= 4 is 46.8 Å². The summed E-state index contributed by atoms with van der Waals surface area (Å²) in [5, 5.41) is 9.92. The van der Waals surface area contributed by atoms with Gasteiger partial charge in [-0.15, -0.1) is 11.8 Å². The van der Waals surface area contributed by atoms with Crippen LogP contribution in [0.3, 0.4) is 0 Å². The predicted molar refractivity (Wildman–Crippen MR) is 80.5 cm³/mol. The molecule has 0 aliphatic heterocycles. The van der Waals surface area contributed by atoms with E-state index in [2.05, 4.69) is 0 Å². The predicted octanol–water partition coefficient (Wildman–Crippen LogP) is 1.96. The Morgan fingerprint density at radius 1 is 1.30 bits per heavy atom. The fraction of sp³-hybridized carbons (Fsp3) is 0.333. The highest BCUT2D eigenvalue weighted by Crippen LogP contribution is 2.29. The van der Waals surface area contributed by atoms with Crippen molar-refractivity contribution in [2.45, 2.75) is 4.90 Å². The van der Waals surface area contributed by atoms with Crippen LogP contribution < -0.4 is 5.73 Å². The molecular weight excluding hydrogens is 323 g/mol. The number of hydrogen-bond acceptors (Lipinski definition) is 4. The Hall–Kier alpha value is -0.950. The fourth-order valence-electron chi connectivity index (χ4n) is 1.50. The lowest BCUT2D eigenvalue weighted by atomic mass is 10.4. The molecule has 0 spiro atoms. The van der Waals surface area contributed by atoms with Crippen molar-refractivity contribution in [1.82, 2.24) is 4.90 Å². The van der Waals surface area contributed by atoms with Gasteiger partial charge in [0.25, 0.3) is 0 Å². The molecule has 0 aliphatic carbocycles. The van der Waals surface area contributed by atoms with E-state index in [1.165, 1.54) is 16.7 Å². The van der Waals surface area contributed by atoms with Crippen molar-refractivity contribution in [2.75, 3.05) is 25.4 Å². The summed E-state index contributed by atoms with van der Waals surface area (Å²) in [7, 11) is 0. The summed E-state index contributed by atoms with van der Waals surface area (Å²) >= 11 is 13.3. The zero-order chi connectivity index (χ0) is 15.1. The second kappa shape index (κ2) is 8.36. The average Bonchev–Trinajstić information content (AvgIpc) is 2.32. The van der Waals surface area contributed by atoms with E-state index in [4.69, 9.17) is 34.0 Å². The maximum atomic E-state index is 10.9. The number of rotatable bonds is 8. The van der Waals surface area contributed by atoms with Crippen LogP contribution in [0.4, 0.5) is 0 Å². The monoisotopic (exact) mass is 336 g/mol. The van der Waals surface area contributed by atoms with Gasteiger partial charge in [0.2, 0.25) is 5.91 Å². The van der Waals surface area contributed by atoms with E-state index in [0.29, 0.717) is 22.3 Å². The molecule has 1 rings (SSSR count). The molecule has 0 fully saturated rings. The molecule has 0 unspecified atom stereocenters. The molecule has 1 aromatic rings. The summed E-state index contributed by atoms with van der Waals surface area (Å²) in [5.74, 6) is -0.991. The Labute approximate surface area is 131 Å². The SMILES string of the molecule is NC(=O)CN(CCSc1cc(Cl)ccc1Cl)CC(=O)O. The number of halogens is 2. The van der Waals surface area contributed by atoms with Crippen LogP contribution in [0, 0.1) is 0 Å². The molecule has 0 aliphatic rings. The number of carbonyl (C=O) groups is 2. The number of nitrogens with zero attached hydrogens (tertiary/aromatic N) is 1. The van der Waals surface area contributed by atoms with Gasteiger partial charge in [-0.25, -0.2) is 0 Å². The molecular formula is C12H14Cl2N2O3S. The first-order valence-electron chi connectivity index (χ1n) is 5.69. The first-order chi connectivity index (χ1) is 9.38. The van der Waals surface area contributed by atoms with Crippen LogP contribution in [0.15, 0.2) is 23.1 Å². The lowest BCUT2D eigenvalue weighted by Crippen LogP contribution is -2.38. The largest absolute Gasteiger partial charge is 0.480 e. The Kier molecular flexibility index (Phi) is 7.15. The van der Waals surface area contributed by atoms with E-state index in [1.807, 2.05) is 0 Å². The Bertz CT molecular complexity index is 484. The van der Waals surface area contributed by atoms with Gasteiger partial charge in [0.05, 0.1) is 18.1 Å². The van der Waals surface area contributed by atoms with Crippen molar-refractivity contribution in [1.29, 1.82) is 0 Å². The van der Waals surface area contributed by atoms with Crippen molar-refractivity contribution in [3.8, 4) is 0 Å². The van der Waals surface area contributed by atoms with Crippen LogP contribution in [-0.2, 0) is 9.59 Å². The summed E-state index contributed by atoms with van der Waals surface area (Å²) in [6, 6.07) is 5.13. The summed E-state index contributed by atoms with van der Waals surface area (Å²) in [6.07, 6.45) is 0. The van der Waals surface area contributed by atoms with Crippen LogP contribution >= 0.6 is 35.0 Å². The number of benzene rings is 1. The quantitative estimate of drug-likeness (QED) is 0.709. The lowest BCUT2D eigenvalue weighted by molar-refractivity contribution is -0.138. The topological polar surface area (TPSA) is 83.6 Å². The molecule has 0 atom stereocenters. The van der Waals surface area contributed by atoms with Gasteiger partial charge in [-0.2, -0.15) is 0 Å². The van der Waals surface area contributed by atoms with Crippen LogP contribution in [0.25, 0.3) is 0 Å². The minimum absolute atomic E-state index is 0.0872. The van der Waals surface area contributed by atoms with Crippen LogP contribution in [0.1, 0.15) is 0 Å². The van der Waals surface area contributed by atoms with Gasteiger partial charge >= 0.3 is 5.97 Å². The van der Waals surface area contributed by atoms with Gasteiger partial charge in [-0.1, -0.05) is 23.2 Å². The van der Waals surface area contributed by atoms with Crippen LogP contribution in [-0.4, -0.2) is 47.3 Å². The van der Waals surface area contributed by atoms with Crippen LogP contribution in [0.2, 0.25) is 10.0 Å². The van der Waals surface area contributed by atoms with E-state index >= 15 is 0 Å². The molecule has 1 amide bonds. The normalized spacial score (nSPS) is 10.8. The third-order valence-corrected chi connectivity index (χ3v) is 4.01. The number of nitrogens with two attached hydrogens (primary N) is 1. The van der Waals surface area contributed by atoms with Crippen LogP contribution in [0.5, 0.6) is 0 Å². The highest BCUT2D eigenvalue weighted by molar-refractivity contribution is 7.99. The molecule has 20 heavy (non-hydrogen) atoms. The molecule has 3 N–H and O–H groups in total. The molecule has 0 bridgehead atoms. The van der Waals surface area contributed by atoms with E-state index < -0.39 is 11.9 Å². The first kappa shape index (κ1) is 17.1. The molecule has 0 radical (unpaired) electrons. The summed E-state index contributed by atoms with van der Waals surface area (Å²) in [4.78, 5) is 23.8.